The lowest BCUT2D eigenvalue weighted by molar-refractivity contribution is -0.183. The van der Waals surface area contributed by atoms with Crippen molar-refractivity contribution >= 4 is 5.82 Å². The molecule has 1 aliphatic carbocycles. The van der Waals surface area contributed by atoms with E-state index in [1.807, 2.05) is 0 Å². The molecule has 0 bridgehead atoms. The molecule has 5 N–H and O–H groups in total. The smallest absolute Gasteiger partial charge is 0.351 e. The average Bonchev–Trinajstić information content (AvgIpc) is 2.67. The Balaban J connectivity index is 2.08. The van der Waals surface area contributed by atoms with Crippen LogP contribution in [0.25, 0.3) is 0 Å². The molecule has 8 nitrogen and oxygen atoms in total. The number of nitrogen functional groups attached to an aromatic ring is 1. The Labute approximate surface area is 105 Å². The molecule has 1 saturated heterocycles. The SMILES string of the molecule is CC1(O)C(n2ccc(N)nc2=O)OC2(F)C(O)C12O. The van der Waals surface area contributed by atoms with Gasteiger partial charge in [0.25, 0.3) is 5.85 Å². The van der Waals surface area contributed by atoms with Crippen molar-refractivity contribution < 1.29 is 24.4 Å². The van der Waals surface area contributed by atoms with Crippen molar-refractivity contribution in [3.8, 4) is 0 Å². The summed E-state index contributed by atoms with van der Waals surface area (Å²) in [7, 11) is 0. The minimum atomic E-state index is -2.80. The summed E-state index contributed by atoms with van der Waals surface area (Å²) < 4.78 is 19.7. The van der Waals surface area contributed by atoms with Crippen molar-refractivity contribution in [3.05, 3.63) is 22.7 Å². The number of nitrogens with two attached hydrogens (primary N) is 1. The molecule has 3 rings (SSSR count). The maximum absolute atomic E-state index is 14.1. The standard InChI is InChI=1S/C10H12FN3O5/c1-8(17)6(14-3-2-4(12)13-7(14)16)19-10(11)5(15)9(8,10)18/h2-3,5-6,15,17-18H,1H3,(H2,12,13,16). The number of rotatable bonds is 1. The van der Waals surface area contributed by atoms with E-state index in [1.165, 1.54) is 6.07 Å². The van der Waals surface area contributed by atoms with Crippen LogP contribution in [0.3, 0.4) is 0 Å². The van der Waals surface area contributed by atoms with Gasteiger partial charge < -0.3 is 25.8 Å². The Morgan fingerprint density at radius 2 is 2.21 bits per heavy atom. The minimum Gasteiger partial charge on any atom is -0.384 e. The quantitative estimate of drug-likeness (QED) is 0.460. The fraction of sp³-hybridized carbons (Fsp3) is 0.600. The van der Waals surface area contributed by atoms with E-state index in [4.69, 9.17) is 10.5 Å². The zero-order chi connectivity index (χ0) is 14.2. The van der Waals surface area contributed by atoms with Crippen LogP contribution >= 0.6 is 0 Å². The van der Waals surface area contributed by atoms with Gasteiger partial charge in [0.1, 0.15) is 11.4 Å². The lowest BCUT2D eigenvalue weighted by Gasteiger charge is -2.31. The molecule has 9 heteroatoms. The van der Waals surface area contributed by atoms with Crippen molar-refractivity contribution in [2.75, 3.05) is 5.73 Å². The summed E-state index contributed by atoms with van der Waals surface area (Å²) >= 11 is 0. The molecule has 1 aromatic rings. The molecule has 0 amide bonds. The van der Waals surface area contributed by atoms with Crippen LogP contribution < -0.4 is 11.4 Å². The predicted molar refractivity (Wildman–Crippen MR) is 58.5 cm³/mol. The zero-order valence-electron chi connectivity index (χ0n) is 9.82. The van der Waals surface area contributed by atoms with Crippen LogP contribution in [0.5, 0.6) is 0 Å². The van der Waals surface area contributed by atoms with E-state index in [0.29, 0.717) is 0 Å². The number of aromatic nitrogens is 2. The first-order valence-electron chi connectivity index (χ1n) is 5.50. The van der Waals surface area contributed by atoms with Crippen LogP contribution in [0.2, 0.25) is 0 Å². The molecule has 1 aromatic heterocycles. The summed E-state index contributed by atoms with van der Waals surface area (Å²) in [5, 5.41) is 29.5. The highest BCUT2D eigenvalue weighted by Gasteiger charge is 2.93. The number of anilines is 1. The average molecular weight is 273 g/mol. The number of alkyl halides is 1. The monoisotopic (exact) mass is 273 g/mol. The highest BCUT2D eigenvalue weighted by atomic mass is 19.2. The number of ether oxygens (including phenoxy) is 1. The van der Waals surface area contributed by atoms with Crippen molar-refractivity contribution in [3.63, 3.8) is 0 Å². The first kappa shape index (κ1) is 12.5. The van der Waals surface area contributed by atoms with Gasteiger partial charge in [-0.15, -0.1) is 0 Å². The molecular formula is C10H12FN3O5. The molecule has 1 aliphatic heterocycles. The van der Waals surface area contributed by atoms with Crippen LogP contribution in [0.4, 0.5) is 10.2 Å². The molecule has 5 unspecified atom stereocenters. The largest absolute Gasteiger partial charge is 0.384 e. The lowest BCUT2D eigenvalue weighted by atomic mass is 9.95. The number of hydrogen-bond acceptors (Lipinski definition) is 7. The van der Waals surface area contributed by atoms with Gasteiger partial charge in [-0.3, -0.25) is 4.57 Å². The zero-order valence-corrected chi connectivity index (χ0v) is 9.82. The normalized spacial score (nSPS) is 48.1. The van der Waals surface area contributed by atoms with Gasteiger partial charge in [-0.25, -0.2) is 9.18 Å². The van der Waals surface area contributed by atoms with E-state index in [2.05, 4.69) is 4.98 Å². The number of aliphatic hydroxyl groups excluding tert-OH is 1. The van der Waals surface area contributed by atoms with Gasteiger partial charge in [-0.05, 0) is 13.0 Å². The summed E-state index contributed by atoms with van der Waals surface area (Å²) in [6, 6.07) is 1.26. The van der Waals surface area contributed by atoms with Gasteiger partial charge in [-0.2, -0.15) is 4.98 Å². The molecular weight excluding hydrogens is 261 g/mol. The van der Waals surface area contributed by atoms with Gasteiger partial charge in [0.2, 0.25) is 0 Å². The van der Waals surface area contributed by atoms with Crippen molar-refractivity contribution in [1.29, 1.82) is 0 Å². The van der Waals surface area contributed by atoms with E-state index >= 15 is 0 Å². The van der Waals surface area contributed by atoms with Crippen molar-refractivity contribution in [1.82, 2.24) is 9.55 Å². The Morgan fingerprint density at radius 3 is 2.68 bits per heavy atom. The molecule has 2 fully saturated rings. The maximum atomic E-state index is 14.1. The predicted octanol–water partition coefficient (Wildman–Crippen LogP) is -2.12. The van der Waals surface area contributed by atoms with Crippen LogP contribution in [0.1, 0.15) is 13.2 Å². The Bertz CT molecular complexity index is 619. The van der Waals surface area contributed by atoms with Crippen LogP contribution in [0, 0.1) is 0 Å². The summed E-state index contributed by atoms with van der Waals surface area (Å²) in [4.78, 5) is 15.1. The number of halogens is 1. The third-order valence-corrected chi connectivity index (χ3v) is 3.82. The molecule has 1 saturated carbocycles. The number of aliphatic hydroxyl groups is 3. The second-order valence-electron chi connectivity index (χ2n) is 4.97. The first-order chi connectivity index (χ1) is 8.66. The van der Waals surface area contributed by atoms with E-state index < -0.39 is 35.1 Å². The summed E-state index contributed by atoms with van der Waals surface area (Å²) in [6.45, 7) is 1.07. The molecule has 0 spiro atoms. The van der Waals surface area contributed by atoms with Crippen LogP contribution in [-0.2, 0) is 4.74 Å². The molecule has 104 valence electrons. The van der Waals surface area contributed by atoms with Gasteiger partial charge in [0.05, 0.1) is 0 Å². The van der Waals surface area contributed by atoms with Gasteiger partial charge >= 0.3 is 5.69 Å². The molecule has 0 radical (unpaired) electrons. The number of nitrogens with zero attached hydrogens (tertiary/aromatic N) is 2. The van der Waals surface area contributed by atoms with E-state index in [1.54, 1.807) is 0 Å². The second kappa shape index (κ2) is 3.12. The van der Waals surface area contributed by atoms with E-state index in [0.717, 1.165) is 17.7 Å². The fourth-order valence-electron chi connectivity index (χ4n) is 2.56. The third-order valence-electron chi connectivity index (χ3n) is 3.82. The van der Waals surface area contributed by atoms with Gasteiger partial charge in [0.15, 0.2) is 17.9 Å². The van der Waals surface area contributed by atoms with E-state index in [9.17, 15) is 24.5 Å². The molecule has 19 heavy (non-hydrogen) atoms. The Kier molecular flexibility index (Phi) is 2.05. The second-order valence-corrected chi connectivity index (χ2v) is 4.97. The van der Waals surface area contributed by atoms with Gasteiger partial charge in [-0.1, -0.05) is 0 Å². The van der Waals surface area contributed by atoms with Gasteiger partial charge in [0, 0.05) is 6.20 Å². The topological polar surface area (TPSA) is 131 Å². The molecule has 2 aliphatic rings. The minimum absolute atomic E-state index is 0.0437. The maximum Gasteiger partial charge on any atom is 0.351 e. The summed E-state index contributed by atoms with van der Waals surface area (Å²) in [6.07, 6.45) is -2.23. The summed E-state index contributed by atoms with van der Waals surface area (Å²) in [5.74, 6) is -2.85. The number of fused-ring (bicyclic) bond motifs is 1. The van der Waals surface area contributed by atoms with Crippen molar-refractivity contribution in [2.24, 2.45) is 0 Å². The van der Waals surface area contributed by atoms with E-state index in [-0.39, 0.29) is 5.82 Å². The highest BCUT2D eigenvalue weighted by Crippen LogP contribution is 2.67. The lowest BCUT2D eigenvalue weighted by Crippen LogP contribution is -2.50. The third kappa shape index (κ3) is 1.16. The highest BCUT2D eigenvalue weighted by molar-refractivity contribution is 5.35. The molecule has 0 aromatic carbocycles. The molecule has 2 heterocycles. The Hall–Kier alpha value is -1.55. The fourth-order valence-corrected chi connectivity index (χ4v) is 2.56. The van der Waals surface area contributed by atoms with Crippen molar-refractivity contribution in [2.45, 2.75) is 36.3 Å². The van der Waals surface area contributed by atoms with Crippen LogP contribution in [0.15, 0.2) is 17.1 Å². The molecule has 5 atom stereocenters. The number of hydrogen-bond donors (Lipinski definition) is 4. The first-order valence-corrected chi connectivity index (χ1v) is 5.50. The van der Waals surface area contributed by atoms with Crippen LogP contribution in [-0.4, -0.2) is 48.0 Å². The Morgan fingerprint density at radius 1 is 1.58 bits per heavy atom. The summed E-state index contributed by atoms with van der Waals surface area (Å²) in [5.41, 5.74) is -0.241.